The van der Waals surface area contributed by atoms with Crippen molar-refractivity contribution < 1.29 is 23.4 Å². The van der Waals surface area contributed by atoms with E-state index in [2.05, 4.69) is 5.32 Å². The molecule has 6 heteroatoms. The molecule has 1 aromatic heterocycles. The lowest BCUT2D eigenvalue weighted by atomic mass is 10.2. The van der Waals surface area contributed by atoms with Gasteiger partial charge in [0.15, 0.2) is 0 Å². The summed E-state index contributed by atoms with van der Waals surface area (Å²) in [6.07, 6.45) is 1.31. The molecule has 0 radical (unpaired) electrons. The second-order valence-electron chi connectivity index (χ2n) is 3.76. The first-order valence-corrected chi connectivity index (χ1v) is 5.49. The number of furan rings is 1. The number of benzene rings is 1. The van der Waals surface area contributed by atoms with E-state index in [0.717, 1.165) is 0 Å². The highest BCUT2D eigenvalue weighted by Gasteiger charge is 2.13. The number of halogens is 1. The van der Waals surface area contributed by atoms with E-state index >= 15 is 0 Å². The van der Waals surface area contributed by atoms with Gasteiger partial charge in [0.2, 0.25) is 0 Å². The Bertz CT molecular complexity index is 594. The van der Waals surface area contributed by atoms with Gasteiger partial charge in [0.05, 0.1) is 25.6 Å². The highest BCUT2D eigenvalue weighted by atomic mass is 19.1. The quantitative estimate of drug-likeness (QED) is 0.869. The SMILES string of the molecule is COc1cc(F)ccc1NCc1occc1C(=O)O. The largest absolute Gasteiger partial charge is 0.494 e. The summed E-state index contributed by atoms with van der Waals surface area (Å²) in [5.74, 6) is -0.842. The zero-order chi connectivity index (χ0) is 13.8. The molecular formula is C13H12FNO4. The average Bonchev–Trinajstić information content (AvgIpc) is 2.85. The summed E-state index contributed by atoms with van der Waals surface area (Å²) in [7, 11) is 1.43. The van der Waals surface area contributed by atoms with E-state index in [1.54, 1.807) is 0 Å². The van der Waals surface area contributed by atoms with E-state index < -0.39 is 11.8 Å². The van der Waals surface area contributed by atoms with Gasteiger partial charge < -0.3 is 19.6 Å². The van der Waals surface area contributed by atoms with Crippen molar-refractivity contribution in [2.45, 2.75) is 6.54 Å². The van der Waals surface area contributed by atoms with Gasteiger partial charge in [0, 0.05) is 6.07 Å². The minimum Gasteiger partial charge on any atom is -0.494 e. The van der Waals surface area contributed by atoms with E-state index in [4.69, 9.17) is 14.3 Å². The molecule has 0 amide bonds. The summed E-state index contributed by atoms with van der Waals surface area (Å²) >= 11 is 0. The van der Waals surface area contributed by atoms with Crippen LogP contribution in [0.1, 0.15) is 16.1 Å². The zero-order valence-electron chi connectivity index (χ0n) is 10.1. The van der Waals surface area contributed by atoms with Gasteiger partial charge >= 0.3 is 5.97 Å². The van der Waals surface area contributed by atoms with Gasteiger partial charge in [-0.15, -0.1) is 0 Å². The first-order chi connectivity index (χ1) is 9.11. The molecule has 2 aromatic rings. The molecule has 0 saturated carbocycles. The summed E-state index contributed by atoms with van der Waals surface area (Å²) in [5.41, 5.74) is 0.644. The smallest absolute Gasteiger partial charge is 0.339 e. The van der Waals surface area contributed by atoms with Crippen LogP contribution in [0.25, 0.3) is 0 Å². The Hall–Kier alpha value is -2.50. The number of carbonyl (C=O) groups is 1. The van der Waals surface area contributed by atoms with Crippen LogP contribution >= 0.6 is 0 Å². The van der Waals surface area contributed by atoms with Crippen LogP contribution < -0.4 is 10.1 Å². The second kappa shape index (κ2) is 5.43. The first-order valence-electron chi connectivity index (χ1n) is 5.49. The monoisotopic (exact) mass is 265 g/mol. The Morgan fingerprint density at radius 1 is 1.47 bits per heavy atom. The third-order valence-corrected chi connectivity index (χ3v) is 2.58. The van der Waals surface area contributed by atoms with Crippen LogP contribution in [0.5, 0.6) is 5.75 Å². The molecule has 19 heavy (non-hydrogen) atoms. The van der Waals surface area contributed by atoms with E-state index in [-0.39, 0.29) is 12.1 Å². The molecule has 5 nitrogen and oxygen atoms in total. The Balaban J connectivity index is 2.14. The molecule has 0 fully saturated rings. The Labute approximate surface area is 108 Å². The predicted octanol–water partition coefficient (Wildman–Crippen LogP) is 2.74. The highest BCUT2D eigenvalue weighted by Crippen LogP contribution is 2.25. The highest BCUT2D eigenvalue weighted by molar-refractivity contribution is 5.88. The number of methoxy groups -OCH3 is 1. The van der Waals surface area contributed by atoms with Gasteiger partial charge in [-0.25, -0.2) is 9.18 Å². The Morgan fingerprint density at radius 3 is 2.95 bits per heavy atom. The van der Waals surface area contributed by atoms with Crippen molar-refractivity contribution in [3.63, 3.8) is 0 Å². The fourth-order valence-electron chi connectivity index (χ4n) is 1.65. The molecule has 0 aliphatic heterocycles. The molecule has 0 aliphatic carbocycles. The lowest BCUT2D eigenvalue weighted by molar-refractivity contribution is 0.0694. The summed E-state index contributed by atoms with van der Waals surface area (Å²) in [5, 5.41) is 11.9. The summed E-state index contributed by atoms with van der Waals surface area (Å²) in [4.78, 5) is 10.9. The lowest BCUT2D eigenvalue weighted by Crippen LogP contribution is -2.05. The van der Waals surface area contributed by atoms with Gasteiger partial charge in [0.25, 0.3) is 0 Å². The summed E-state index contributed by atoms with van der Waals surface area (Å²) in [6, 6.07) is 5.41. The third kappa shape index (κ3) is 2.85. The van der Waals surface area contributed by atoms with Crippen LogP contribution in [0.2, 0.25) is 0 Å². The fraction of sp³-hybridized carbons (Fsp3) is 0.154. The van der Waals surface area contributed by atoms with E-state index in [1.807, 2.05) is 0 Å². The number of anilines is 1. The van der Waals surface area contributed by atoms with Crippen LogP contribution in [0, 0.1) is 5.82 Å². The molecule has 2 N–H and O–H groups in total. The number of aromatic carboxylic acids is 1. The number of ether oxygens (including phenoxy) is 1. The second-order valence-corrected chi connectivity index (χ2v) is 3.76. The van der Waals surface area contributed by atoms with E-state index in [1.165, 1.54) is 37.6 Å². The predicted molar refractivity (Wildman–Crippen MR) is 65.9 cm³/mol. The maximum atomic E-state index is 13.0. The molecule has 0 saturated heterocycles. The van der Waals surface area contributed by atoms with Crippen LogP contribution in [0.15, 0.2) is 34.9 Å². The molecule has 0 unspecified atom stereocenters. The minimum absolute atomic E-state index is 0.0913. The maximum Gasteiger partial charge on any atom is 0.339 e. The van der Waals surface area contributed by atoms with Crippen molar-refractivity contribution in [2.75, 3.05) is 12.4 Å². The number of hydrogen-bond donors (Lipinski definition) is 2. The van der Waals surface area contributed by atoms with Crippen molar-refractivity contribution in [1.29, 1.82) is 0 Å². The molecular weight excluding hydrogens is 253 g/mol. The maximum absolute atomic E-state index is 13.0. The number of carboxylic acids is 1. The summed E-state index contributed by atoms with van der Waals surface area (Å²) < 4.78 is 23.1. The first kappa shape index (κ1) is 12.9. The van der Waals surface area contributed by atoms with Crippen LogP contribution in [-0.2, 0) is 6.54 Å². The van der Waals surface area contributed by atoms with E-state index in [9.17, 15) is 9.18 Å². The molecule has 1 heterocycles. The molecule has 0 bridgehead atoms. The molecule has 1 aromatic carbocycles. The third-order valence-electron chi connectivity index (χ3n) is 2.58. The minimum atomic E-state index is -1.06. The average molecular weight is 265 g/mol. The van der Waals surface area contributed by atoms with Crippen LogP contribution in [0.3, 0.4) is 0 Å². The van der Waals surface area contributed by atoms with Crippen molar-refractivity contribution in [2.24, 2.45) is 0 Å². The standard InChI is InChI=1S/C13H12FNO4/c1-18-11-6-8(14)2-3-10(11)15-7-12-9(13(16)17)4-5-19-12/h2-6,15H,7H2,1H3,(H,16,17). The van der Waals surface area contributed by atoms with Crippen molar-refractivity contribution in [3.8, 4) is 5.75 Å². The van der Waals surface area contributed by atoms with Crippen LogP contribution in [0.4, 0.5) is 10.1 Å². The molecule has 0 aliphatic rings. The fourth-order valence-corrected chi connectivity index (χ4v) is 1.65. The van der Waals surface area contributed by atoms with Crippen molar-refractivity contribution >= 4 is 11.7 Å². The Morgan fingerprint density at radius 2 is 2.26 bits per heavy atom. The molecule has 0 atom stereocenters. The van der Waals surface area contributed by atoms with Gasteiger partial charge in [-0.2, -0.15) is 0 Å². The van der Waals surface area contributed by atoms with Gasteiger partial charge in [-0.3, -0.25) is 0 Å². The number of hydrogen-bond acceptors (Lipinski definition) is 4. The topological polar surface area (TPSA) is 71.7 Å². The molecule has 2 rings (SSSR count). The lowest BCUT2D eigenvalue weighted by Gasteiger charge is -2.10. The van der Waals surface area contributed by atoms with Gasteiger partial charge in [0.1, 0.15) is 22.9 Å². The number of nitrogens with one attached hydrogen (secondary N) is 1. The van der Waals surface area contributed by atoms with Crippen molar-refractivity contribution in [3.05, 3.63) is 47.7 Å². The zero-order valence-corrected chi connectivity index (χ0v) is 10.1. The van der Waals surface area contributed by atoms with E-state index in [0.29, 0.717) is 17.2 Å². The van der Waals surface area contributed by atoms with Crippen LogP contribution in [-0.4, -0.2) is 18.2 Å². The normalized spacial score (nSPS) is 10.2. The van der Waals surface area contributed by atoms with Crippen molar-refractivity contribution in [1.82, 2.24) is 0 Å². The van der Waals surface area contributed by atoms with Gasteiger partial charge in [-0.1, -0.05) is 0 Å². The molecule has 100 valence electrons. The Kier molecular flexibility index (Phi) is 3.70. The number of carboxylic acid groups (broad SMARTS) is 1. The number of rotatable bonds is 5. The summed E-state index contributed by atoms with van der Waals surface area (Å²) in [6.45, 7) is 0.163. The molecule has 0 spiro atoms. The van der Waals surface area contributed by atoms with Gasteiger partial charge in [-0.05, 0) is 18.2 Å².